The van der Waals surface area contributed by atoms with Crippen LogP contribution in [0, 0.1) is 12.8 Å². The van der Waals surface area contributed by atoms with E-state index in [0.717, 1.165) is 62.4 Å². The molecule has 1 amide bonds. The van der Waals surface area contributed by atoms with Gasteiger partial charge >= 0.3 is 0 Å². The highest BCUT2D eigenvalue weighted by molar-refractivity contribution is 5.80. The molecular formula is C27H39N3O4. The predicted octanol–water partition coefficient (Wildman–Crippen LogP) is 4.53. The highest BCUT2D eigenvalue weighted by Crippen LogP contribution is 2.33. The zero-order valence-corrected chi connectivity index (χ0v) is 20.5. The van der Waals surface area contributed by atoms with Gasteiger partial charge in [-0.15, -0.1) is 0 Å². The van der Waals surface area contributed by atoms with Crippen LogP contribution >= 0.6 is 0 Å². The summed E-state index contributed by atoms with van der Waals surface area (Å²) < 4.78 is 16.6. The number of fused-ring (bicyclic) bond motifs is 1. The molecule has 1 aromatic heterocycles. The van der Waals surface area contributed by atoms with Crippen molar-refractivity contribution >= 4 is 16.9 Å². The number of aryl methyl sites for hydroxylation is 1. The molecule has 1 aliphatic carbocycles. The van der Waals surface area contributed by atoms with E-state index in [1.54, 1.807) is 0 Å². The molecule has 7 heteroatoms. The van der Waals surface area contributed by atoms with Crippen LogP contribution in [0.5, 0.6) is 0 Å². The van der Waals surface area contributed by atoms with Crippen LogP contribution in [0.1, 0.15) is 75.0 Å². The zero-order valence-electron chi connectivity index (χ0n) is 20.5. The van der Waals surface area contributed by atoms with Gasteiger partial charge in [-0.3, -0.25) is 4.79 Å². The van der Waals surface area contributed by atoms with Crippen molar-refractivity contribution in [3.63, 3.8) is 0 Å². The number of ether oxygens (including phenoxy) is 2. The molecular weight excluding hydrogens is 430 g/mol. The number of hydrogen-bond donors (Lipinski definition) is 1. The Morgan fingerprint density at radius 1 is 1.09 bits per heavy atom. The molecule has 7 nitrogen and oxygen atoms in total. The fraction of sp³-hybridized carbons (Fsp3) is 0.704. The summed E-state index contributed by atoms with van der Waals surface area (Å²) in [5.74, 6) is 1.34. The zero-order chi connectivity index (χ0) is 23.3. The number of amides is 1. The highest BCUT2D eigenvalue weighted by Gasteiger charge is 2.27. The van der Waals surface area contributed by atoms with Crippen LogP contribution in [0.3, 0.4) is 0 Å². The predicted molar refractivity (Wildman–Crippen MR) is 131 cm³/mol. The van der Waals surface area contributed by atoms with E-state index in [9.17, 15) is 4.79 Å². The average molecular weight is 470 g/mol. The molecule has 0 unspecified atom stereocenters. The summed E-state index contributed by atoms with van der Waals surface area (Å²) in [7, 11) is 0. The number of hydrogen-bond acceptors (Lipinski definition) is 6. The summed E-state index contributed by atoms with van der Waals surface area (Å²) in [4.78, 5) is 14.9. The number of carbonyl (C=O) groups excluding carboxylic acids is 1. The third-order valence-electron chi connectivity index (χ3n) is 7.94. The summed E-state index contributed by atoms with van der Waals surface area (Å²) in [6.45, 7) is 6.94. The Morgan fingerprint density at radius 2 is 1.85 bits per heavy atom. The Morgan fingerprint density at radius 3 is 2.62 bits per heavy atom. The molecule has 0 bridgehead atoms. The summed E-state index contributed by atoms with van der Waals surface area (Å²) in [5.41, 5.74) is 3.28. The summed E-state index contributed by atoms with van der Waals surface area (Å²) >= 11 is 0. The van der Waals surface area contributed by atoms with Crippen molar-refractivity contribution in [2.24, 2.45) is 5.92 Å². The SMILES string of the molecule is Cc1ccc2c(C3CCN(CCC4CCC(NC(=O)CC5OCCCO5)CC4)CC3)noc2c1. The van der Waals surface area contributed by atoms with Gasteiger partial charge in [0, 0.05) is 17.3 Å². The van der Waals surface area contributed by atoms with E-state index in [2.05, 4.69) is 40.5 Å². The maximum Gasteiger partial charge on any atom is 0.225 e. The topological polar surface area (TPSA) is 76.8 Å². The van der Waals surface area contributed by atoms with E-state index in [1.165, 1.54) is 36.8 Å². The van der Waals surface area contributed by atoms with Crippen LogP contribution < -0.4 is 5.32 Å². The van der Waals surface area contributed by atoms with Crippen LogP contribution in [0.25, 0.3) is 11.0 Å². The Kier molecular flexibility index (Phi) is 7.82. The van der Waals surface area contributed by atoms with E-state index >= 15 is 0 Å². The third-order valence-corrected chi connectivity index (χ3v) is 7.94. The van der Waals surface area contributed by atoms with E-state index in [-0.39, 0.29) is 12.2 Å². The van der Waals surface area contributed by atoms with Gasteiger partial charge in [0.05, 0.1) is 25.3 Å². The number of carbonyl (C=O) groups is 1. The van der Waals surface area contributed by atoms with E-state index in [0.29, 0.717) is 31.6 Å². The van der Waals surface area contributed by atoms with Gasteiger partial charge in [0.2, 0.25) is 5.91 Å². The first-order valence-electron chi connectivity index (χ1n) is 13.2. The third kappa shape index (κ3) is 5.99. The number of nitrogens with zero attached hydrogens (tertiary/aromatic N) is 2. The number of rotatable bonds is 7. The minimum absolute atomic E-state index is 0.0632. The minimum Gasteiger partial charge on any atom is -0.356 e. The average Bonchev–Trinajstić information content (AvgIpc) is 3.27. The lowest BCUT2D eigenvalue weighted by molar-refractivity contribution is -0.184. The Labute approximate surface area is 202 Å². The van der Waals surface area contributed by atoms with Crippen LogP contribution in [0.15, 0.2) is 22.7 Å². The second kappa shape index (κ2) is 11.2. The molecule has 2 aromatic rings. The van der Waals surface area contributed by atoms with Crippen molar-refractivity contribution < 1.29 is 18.8 Å². The molecule has 5 rings (SSSR count). The lowest BCUT2D eigenvalue weighted by Gasteiger charge is -2.34. The van der Waals surface area contributed by atoms with Crippen molar-refractivity contribution in [2.75, 3.05) is 32.8 Å². The molecule has 186 valence electrons. The molecule has 2 aliphatic heterocycles. The summed E-state index contributed by atoms with van der Waals surface area (Å²) in [5, 5.41) is 8.82. The first kappa shape index (κ1) is 23.8. The normalized spacial score (nSPS) is 25.6. The monoisotopic (exact) mass is 469 g/mol. The summed E-state index contributed by atoms with van der Waals surface area (Å²) in [6.07, 6.45) is 9.05. The van der Waals surface area contributed by atoms with E-state index in [4.69, 9.17) is 14.0 Å². The van der Waals surface area contributed by atoms with Gasteiger partial charge in [-0.05, 0) is 102 Å². The first-order valence-corrected chi connectivity index (χ1v) is 13.2. The van der Waals surface area contributed by atoms with E-state index in [1.807, 2.05) is 0 Å². The molecule has 0 spiro atoms. The number of nitrogens with one attached hydrogen (secondary N) is 1. The van der Waals surface area contributed by atoms with Crippen LogP contribution in [-0.4, -0.2) is 61.1 Å². The van der Waals surface area contributed by atoms with Crippen LogP contribution in [0.4, 0.5) is 0 Å². The van der Waals surface area contributed by atoms with Gasteiger partial charge in [0.1, 0.15) is 0 Å². The molecule has 1 saturated carbocycles. The molecule has 1 N–H and O–H groups in total. The van der Waals surface area contributed by atoms with Crippen molar-refractivity contribution in [1.29, 1.82) is 0 Å². The number of aromatic nitrogens is 1. The Bertz CT molecular complexity index is 938. The number of likely N-dealkylation sites (tertiary alicyclic amines) is 1. The quantitative estimate of drug-likeness (QED) is 0.642. The molecule has 3 aliphatic rings. The number of piperidine rings is 1. The van der Waals surface area contributed by atoms with Crippen LogP contribution in [0.2, 0.25) is 0 Å². The molecule has 1 aromatic carbocycles. The highest BCUT2D eigenvalue weighted by atomic mass is 16.7. The van der Waals surface area contributed by atoms with Crippen molar-refractivity contribution in [1.82, 2.24) is 15.4 Å². The van der Waals surface area contributed by atoms with Gasteiger partial charge in [-0.2, -0.15) is 0 Å². The smallest absolute Gasteiger partial charge is 0.225 e. The Hall–Kier alpha value is -1.96. The van der Waals surface area contributed by atoms with Gasteiger partial charge in [-0.1, -0.05) is 11.2 Å². The second-order valence-electron chi connectivity index (χ2n) is 10.5. The molecule has 2 saturated heterocycles. The molecule has 3 heterocycles. The second-order valence-corrected chi connectivity index (χ2v) is 10.5. The van der Waals surface area contributed by atoms with Gasteiger partial charge in [-0.25, -0.2) is 0 Å². The molecule has 3 fully saturated rings. The van der Waals surface area contributed by atoms with Gasteiger partial charge < -0.3 is 24.2 Å². The van der Waals surface area contributed by atoms with Crippen molar-refractivity contribution in [3.8, 4) is 0 Å². The lowest BCUT2D eigenvalue weighted by atomic mass is 9.83. The van der Waals surface area contributed by atoms with Gasteiger partial charge in [0.25, 0.3) is 0 Å². The maximum absolute atomic E-state index is 12.3. The van der Waals surface area contributed by atoms with Crippen LogP contribution in [-0.2, 0) is 14.3 Å². The first-order chi connectivity index (χ1) is 16.6. The standard InChI is InChI=1S/C27H39N3O4/c1-19-3-8-23-24(17-19)34-29-27(23)21-10-13-30(14-11-21)12-9-20-4-6-22(7-5-20)28-25(31)18-26-32-15-2-16-33-26/h3,8,17,20-22,26H,2,4-7,9-16,18H2,1H3,(H,28,31). The van der Waals surface area contributed by atoms with Crippen molar-refractivity contribution in [3.05, 3.63) is 29.5 Å². The molecule has 0 radical (unpaired) electrons. The fourth-order valence-electron chi connectivity index (χ4n) is 5.84. The lowest BCUT2D eigenvalue weighted by Crippen LogP contribution is -2.41. The number of benzene rings is 1. The van der Waals surface area contributed by atoms with Gasteiger partial charge in [0.15, 0.2) is 11.9 Å². The molecule has 34 heavy (non-hydrogen) atoms. The minimum atomic E-state index is -0.360. The maximum atomic E-state index is 12.3. The van der Waals surface area contributed by atoms with Crippen molar-refractivity contribution in [2.45, 2.75) is 83.0 Å². The largest absolute Gasteiger partial charge is 0.356 e. The Balaban J connectivity index is 0.992. The van der Waals surface area contributed by atoms with E-state index < -0.39 is 0 Å². The molecule has 0 atom stereocenters. The fourth-order valence-corrected chi connectivity index (χ4v) is 5.84. The summed E-state index contributed by atoms with van der Waals surface area (Å²) in [6, 6.07) is 6.71.